The van der Waals surface area contributed by atoms with Crippen molar-refractivity contribution in [3.05, 3.63) is 107 Å². The van der Waals surface area contributed by atoms with E-state index in [1.54, 1.807) is 36.4 Å². The van der Waals surface area contributed by atoms with E-state index >= 15 is 0 Å². The number of benzene rings is 3. The number of para-hydroxylation sites is 2. The number of rotatable bonds is 7. The van der Waals surface area contributed by atoms with Crippen molar-refractivity contribution in [2.75, 3.05) is 19.7 Å². The van der Waals surface area contributed by atoms with Crippen LogP contribution in [0.15, 0.2) is 84.9 Å². The third-order valence-electron chi connectivity index (χ3n) is 7.71. The minimum atomic E-state index is -1.48. The van der Waals surface area contributed by atoms with E-state index in [0.717, 1.165) is 27.7 Å². The number of carbonyl (C=O) groups is 4. The number of amides is 5. The number of nitrogens with one attached hydrogen (secondary N) is 3. The topological polar surface area (TPSA) is 130 Å². The molecule has 2 saturated heterocycles. The fraction of sp³-hybridized carbons (Fsp3) is 0.219. The summed E-state index contributed by atoms with van der Waals surface area (Å²) in [6.07, 6.45) is 0.672. The van der Waals surface area contributed by atoms with Crippen LogP contribution in [0.1, 0.15) is 27.2 Å². The average Bonchev–Trinajstić information content (AvgIpc) is 3.49. The standard InChI is InChI=1S/C32H29N5O5/c1-20-15-23(25-9-5-6-10-26(25)33-20)16-21-11-13-22(14-12-21)29(39)34-27-17-37(19-32(27)30(40)35-31(41)36-32)28(38)18-42-24-7-3-2-4-8-24/h2-15,27H,16-19H2,1H3,(H,34,39)(H2,35,36,40,41). The molecule has 5 amide bonds. The first-order valence-electron chi connectivity index (χ1n) is 13.6. The molecule has 0 aliphatic carbocycles. The smallest absolute Gasteiger partial charge is 0.322 e. The molecular formula is C32H29N5O5. The summed E-state index contributed by atoms with van der Waals surface area (Å²) in [5, 5.41) is 8.85. The van der Waals surface area contributed by atoms with Gasteiger partial charge in [0.1, 0.15) is 5.75 Å². The Hall–Kier alpha value is -5.25. The Labute approximate surface area is 242 Å². The molecule has 0 bridgehead atoms. The third kappa shape index (κ3) is 5.26. The highest BCUT2D eigenvalue weighted by Gasteiger charge is 2.58. The number of imide groups is 1. The molecular weight excluding hydrogens is 534 g/mol. The summed E-state index contributed by atoms with van der Waals surface area (Å²) in [6.45, 7) is 1.66. The van der Waals surface area contributed by atoms with Gasteiger partial charge in [-0.25, -0.2) is 4.79 Å². The maximum absolute atomic E-state index is 13.3. The van der Waals surface area contributed by atoms with Crippen molar-refractivity contribution in [1.82, 2.24) is 25.8 Å². The fourth-order valence-corrected chi connectivity index (χ4v) is 5.60. The number of hydrogen-bond donors (Lipinski definition) is 3. The maximum Gasteiger partial charge on any atom is 0.322 e. The van der Waals surface area contributed by atoms with E-state index < -0.39 is 29.4 Å². The second-order valence-corrected chi connectivity index (χ2v) is 10.6. The van der Waals surface area contributed by atoms with Crippen LogP contribution < -0.4 is 20.7 Å². The molecule has 0 radical (unpaired) electrons. The van der Waals surface area contributed by atoms with Gasteiger partial charge in [0, 0.05) is 23.2 Å². The van der Waals surface area contributed by atoms with Crippen molar-refractivity contribution in [3.8, 4) is 5.75 Å². The first-order valence-corrected chi connectivity index (χ1v) is 13.6. The number of likely N-dealkylation sites (tertiary alicyclic amines) is 1. The van der Waals surface area contributed by atoms with Crippen LogP contribution in [-0.4, -0.2) is 64.9 Å². The predicted octanol–water partition coefficient (Wildman–Crippen LogP) is 2.73. The van der Waals surface area contributed by atoms with Gasteiger partial charge in [0.2, 0.25) is 0 Å². The number of ether oxygens (including phenoxy) is 1. The molecule has 1 spiro atoms. The van der Waals surface area contributed by atoms with Crippen LogP contribution in [0.25, 0.3) is 10.9 Å². The average molecular weight is 564 g/mol. The fourth-order valence-electron chi connectivity index (χ4n) is 5.60. The Morgan fingerprint density at radius 2 is 1.76 bits per heavy atom. The number of urea groups is 1. The molecule has 2 aliphatic heterocycles. The molecule has 0 saturated carbocycles. The molecule has 42 heavy (non-hydrogen) atoms. The van der Waals surface area contributed by atoms with Gasteiger partial charge < -0.3 is 20.3 Å². The van der Waals surface area contributed by atoms with E-state index in [4.69, 9.17) is 4.74 Å². The zero-order valence-corrected chi connectivity index (χ0v) is 22.9. The lowest BCUT2D eigenvalue weighted by atomic mass is 9.93. The van der Waals surface area contributed by atoms with Gasteiger partial charge in [-0.2, -0.15) is 0 Å². The third-order valence-corrected chi connectivity index (χ3v) is 7.71. The first kappa shape index (κ1) is 26.9. The van der Waals surface area contributed by atoms with Gasteiger partial charge >= 0.3 is 6.03 Å². The van der Waals surface area contributed by atoms with Crippen molar-refractivity contribution < 1.29 is 23.9 Å². The normalized spacial score (nSPS) is 19.5. The van der Waals surface area contributed by atoms with Crippen molar-refractivity contribution in [3.63, 3.8) is 0 Å². The van der Waals surface area contributed by atoms with Crippen LogP contribution in [-0.2, 0) is 16.0 Å². The number of fused-ring (bicyclic) bond motifs is 1. The maximum atomic E-state index is 13.3. The Bertz CT molecular complexity index is 1690. The summed E-state index contributed by atoms with van der Waals surface area (Å²) in [5.41, 5.74) is 2.97. The zero-order chi connectivity index (χ0) is 29.3. The largest absolute Gasteiger partial charge is 0.484 e. The monoisotopic (exact) mass is 563 g/mol. The van der Waals surface area contributed by atoms with Gasteiger partial charge in [-0.3, -0.25) is 24.7 Å². The minimum Gasteiger partial charge on any atom is -0.484 e. The van der Waals surface area contributed by atoms with E-state index in [1.807, 2.05) is 43.3 Å². The van der Waals surface area contributed by atoms with Crippen LogP contribution in [0.5, 0.6) is 5.75 Å². The molecule has 6 rings (SSSR count). The molecule has 2 atom stereocenters. The molecule has 3 aromatic carbocycles. The van der Waals surface area contributed by atoms with Crippen molar-refractivity contribution in [2.45, 2.75) is 24.9 Å². The summed E-state index contributed by atoms with van der Waals surface area (Å²) in [5.74, 6) is -0.841. The molecule has 3 N–H and O–H groups in total. The van der Waals surface area contributed by atoms with E-state index in [1.165, 1.54) is 4.90 Å². The molecule has 1 aromatic heterocycles. The molecule has 2 fully saturated rings. The summed E-state index contributed by atoms with van der Waals surface area (Å²) in [4.78, 5) is 57.3. The summed E-state index contributed by atoms with van der Waals surface area (Å²) in [6, 6.07) is 24.7. The van der Waals surface area contributed by atoms with E-state index in [2.05, 4.69) is 33.1 Å². The van der Waals surface area contributed by atoms with Gasteiger partial charge in [0.25, 0.3) is 17.7 Å². The van der Waals surface area contributed by atoms with Gasteiger partial charge in [0.05, 0.1) is 18.1 Å². The van der Waals surface area contributed by atoms with E-state index in [-0.39, 0.29) is 25.6 Å². The van der Waals surface area contributed by atoms with Gasteiger partial charge in [0.15, 0.2) is 12.1 Å². The molecule has 2 unspecified atom stereocenters. The predicted molar refractivity (Wildman–Crippen MR) is 155 cm³/mol. The zero-order valence-electron chi connectivity index (χ0n) is 22.9. The minimum absolute atomic E-state index is 0.0307. The second-order valence-electron chi connectivity index (χ2n) is 10.6. The lowest BCUT2D eigenvalue weighted by Gasteiger charge is -2.27. The van der Waals surface area contributed by atoms with Gasteiger partial charge in [-0.15, -0.1) is 0 Å². The lowest BCUT2D eigenvalue weighted by molar-refractivity contribution is -0.132. The Balaban J connectivity index is 1.16. The Morgan fingerprint density at radius 3 is 2.50 bits per heavy atom. The lowest BCUT2D eigenvalue weighted by Crippen LogP contribution is -2.62. The summed E-state index contributed by atoms with van der Waals surface area (Å²) < 4.78 is 5.58. The number of nitrogens with zero attached hydrogens (tertiary/aromatic N) is 2. The first-order chi connectivity index (χ1) is 20.3. The highest BCUT2D eigenvalue weighted by molar-refractivity contribution is 6.09. The van der Waals surface area contributed by atoms with Crippen LogP contribution in [0.3, 0.4) is 0 Å². The van der Waals surface area contributed by atoms with Crippen molar-refractivity contribution >= 4 is 34.7 Å². The second kappa shape index (κ2) is 11.0. The number of pyridine rings is 1. The Morgan fingerprint density at radius 1 is 1.02 bits per heavy atom. The van der Waals surface area contributed by atoms with E-state index in [9.17, 15) is 19.2 Å². The molecule has 10 heteroatoms. The van der Waals surface area contributed by atoms with Crippen LogP contribution in [0, 0.1) is 6.92 Å². The van der Waals surface area contributed by atoms with Crippen molar-refractivity contribution in [1.29, 1.82) is 0 Å². The molecule has 212 valence electrons. The SMILES string of the molecule is Cc1cc(Cc2ccc(C(=O)NC3CN(C(=O)COc4ccccc4)CC34NC(=O)NC4=O)cc2)c2ccccc2n1. The molecule has 3 heterocycles. The van der Waals surface area contributed by atoms with Crippen LogP contribution in [0.4, 0.5) is 4.79 Å². The highest BCUT2D eigenvalue weighted by atomic mass is 16.5. The summed E-state index contributed by atoms with van der Waals surface area (Å²) in [7, 11) is 0. The van der Waals surface area contributed by atoms with Crippen LogP contribution in [0.2, 0.25) is 0 Å². The number of aryl methyl sites for hydroxylation is 1. The quantitative estimate of drug-likeness (QED) is 0.297. The number of carbonyl (C=O) groups excluding carboxylic acids is 4. The summed E-state index contributed by atoms with van der Waals surface area (Å²) >= 11 is 0. The number of hydrogen-bond acceptors (Lipinski definition) is 6. The van der Waals surface area contributed by atoms with Crippen molar-refractivity contribution in [2.24, 2.45) is 0 Å². The molecule has 4 aromatic rings. The van der Waals surface area contributed by atoms with Gasteiger partial charge in [-0.05, 0) is 60.9 Å². The number of aromatic nitrogens is 1. The van der Waals surface area contributed by atoms with E-state index in [0.29, 0.717) is 17.7 Å². The molecule has 2 aliphatic rings. The Kier molecular flexibility index (Phi) is 7.03. The molecule has 10 nitrogen and oxygen atoms in total. The highest BCUT2D eigenvalue weighted by Crippen LogP contribution is 2.27. The van der Waals surface area contributed by atoms with Crippen LogP contribution >= 0.6 is 0 Å². The van der Waals surface area contributed by atoms with Gasteiger partial charge in [-0.1, -0.05) is 48.5 Å².